The normalized spacial score (nSPS) is 12.6. The highest BCUT2D eigenvalue weighted by Gasteiger charge is 2.16. The minimum atomic E-state index is 0.150. The lowest BCUT2D eigenvalue weighted by molar-refractivity contribution is 0.403. The molecule has 1 atom stereocenters. The summed E-state index contributed by atoms with van der Waals surface area (Å²) in [6, 6.07) is 10.1. The van der Waals surface area contributed by atoms with E-state index in [1.54, 1.807) is 0 Å². The number of likely N-dealkylation sites (N-methyl/N-ethyl adjacent to an activating group) is 1. The molecule has 0 aliphatic carbocycles. The van der Waals surface area contributed by atoms with Crippen LogP contribution < -0.4 is 5.32 Å². The third kappa shape index (κ3) is 3.85. The summed E-state index contributed by atoms with van der Waals surface area (Å²) < 4.78 is 6.71. The first-order chi connectivity index (χ1) is 9.10. The molecule has 1 aromatic carbocycles. The molecule has 2 nitrogen and oxygen atoms in total. The Labute approximate surface area is 127 Å². The average Bonchev–Trinajstić information content (AvgIpc) is 2.78. The fraction of sp³-hybridized carbons (Fsp3) is 0.333. The molecule has 1 unspecified atom stereocenters. The van der Waals surface area contributed by atoms with Gasteiger partial charge in [0.25, 0.3) is 0 Å². The fourth-order valence-corrected chi connectivity index (χ4v) is 2.82. The van der Waals surface area contributed by atoms with Gasteiger partial charge in [-0.25, -0.2) is 0 Å². The zero-order valence-electron chi connectivity index (χ0n) is 11.0. The van der Waals surface area contributed by atoms with E-state index >= 15 is 0 Å². The SMILES string of the molecule is CCNC(Cc1ccc(Br)cc1Cl)c1ccc(C)o1. The van der Waals surface area contributed by atoms with E-state index in [0.717, 1.165) is 39.5 Å². The van der Waals surface area contributed by atoms with E-state index in [1.807, 2.05) is 37.3 Å². The molecule has 0 radical (unpaired) electrons. The Balaban J connectivity index is 2.21. The number of halogens is 2. The van der Waals surface area contributed by atoms with Gasteiger partial charge in [0.15, 0.2) is 0 Å². The van der Waals surface area contributed by atoms with Crippen LogP contribution in [0.1, 0.15) is 30.0 Å². The molecule has 1 aromatic heterocycles. The molecule has 0 spiro atoms. The third-order valence-corrected chi connectivity index (χ3v) is 3.84. The van der Waals surface area contributed by atoms with Gasteiger partial charge in [-0.2, -0.15) is 0 Å². The molecule has 2 rings (SSSR count). The minimum absolute atomic E-state index is 0.150. The topological polar surface area (TPSA) is 25.2 Å². The molecule has 0 saturated carbocycles. The monoisotopic (exact) mass is 341 g/mol. The van der Waals surface area contributed by atoms with Gasteiger partial charge >= 0.3 is 0 Å². The number of benzene rings is 1. The van der Waals surface area contributed by atoms with Gasteiger partial charge in [-0.05, 0) is 49.7 Å². The summed E-state index contributed by atoms with van der Waals surface area (Å²) in [4.78, 5) is 0. The van der Waals surface area contributed by atoms with Crippen LogP contribution >= 0.6 is 27.5 Å². The van der Waals surface area contributed by atoms with Gasteiger partial charge in [0, 0.05) is 9.50 Å². The molecule has 1 N–H and O–H groups in total. The van der Waals surface area contributed by atoms with Gasteiger partial charge in [-0.15, -0.1) is 0 Å². The van der Waals surface area contributed by atoms with Crippen molar-refractivity contribution in [1.82, 2.24) is 5.32 Å². The molecule has 0 saturated heterocycles. The molecule has 0 aliphatic rings. The maximum atomic E-state index is 6.28. The smallest absolute Gasteiger partial charge is 0.121 e. The molecule has 102 valence electrons. The molecule has 2 aromatic rings. The van der Waals surface area contributed by atoms with Crippen LogP contribution in [0.5, 0.6) is 0 Å². The highest BCUT2D eigenvalue weighted by molar-refractivity contribution is 9.10. The molecule has 19 heavy (non-hydrogen) atoms. The third-order valence-electron chi connectivity index (χ3n) is 2.99. The summed E-state index contributed by atoms with van der Waals surface area (Å²) >= 11 is 9.70. The summed E-state index contributed by atoms with van der Waals surface area (Å²) in [5, 5.41) is 4.22. The van der Waals surface area contributed by atoms with Crippen LogP contribution in [0.4, 0.5) is 0 Å². The predicted octanol–water partition coefficient (Wildman–Crippen LogP) is 4.90. The standard InChI is InChI=1S/C15H17BrClNO/c1-3-18-14(15-7-4-10(2)19-15)8-11-5-6-12(16)9-13(11)17/h4-7,9,14,18H,3,8H2,1-2H3. The minimum Gasteiger partial charge on any atom is -0.465 e. The van der Waals surface area contributed by atoms with Gasteiger partial charge in [0.1, 0.15) is 11.5 Å². The Kier molecular flexibility index (Phi) is 5.08. The van der Waals surface area contributed by atoms with E-state index in [4.69, 9.17) is 16.0 Å². The number of aryl methyl sites for hydroxylation is 1. The van der Waals surface area contributed by atoms with E-state index in [1.165, 1.54) is 0 Å². The van der Waals surface area contributed by atoms with Gasteiger partial charge < -0.3 is 9.73 Å². The molecule has 4 heteroatoms. The van der Waals surface area contributed by atoms with Gasteiger partial charge in [0.2, 0.25) is 0 Å². The van der Waals surface area contributed by atoms with Gasteiger partial charge in [-0.3, -0.25) is 0 Å². The number of hydrogen-bond donors (Lipinski definition) is 1. The lowest BCUT2D eigenvalue weighted by atomic mass is 10.0. The van der Waals surface area contributed by atoms with Crippen molar-refractivity contribution in [3.05, 3.63) is 56.9 Å². The summed E-state index contributed by atoms with van der Waals surface area (Å²) in [6.45, 7) is 4.93. The molecular formula is C15H17BrClNO. The van der Waals surface area contributed by atoms with Gasteiger partial charge in [-0.1, -0.05) is 40.5 Å². The zero-order chi connectivity index (χ0) is 13.8. The van der Waals surface area contributed by atoms with Crippen molar-refractivity contribution >= 4 is 27.5 Å². The summed E-state index contributed by atoms with van der Waals surface area (Å²) in [7, 11) is 0. The lowest BCUT2D eigenvalue weighted by Gasteiger charge is -2.16. The number of rotatable bonds is 5. The van der Waals surface area contributed by atoms with Crippen molar-refractivity contribution in [2.75, 3.05) is 6.54 Å². The van der Waals surface area contributed by atoms with Crippen LogP contribution in [0.3, 0.4) is 0 Å². The highest BCUT2D eigenvalue weighted by Crippen LogP contribution is 2.27. The molecule has 0 bridgehead atoms. The number of hydrogen-bond acceptors (Lipinski definition) is 2. The second-order valence-electron chi connectivity index (χ2n) is 4.50. The van der Waals surface area contributed by atoms with Crippen LogP contribution in [-0.2, 0) is 6.42 Å². The van der Waals surface area contributed by atoms with Crippen LogP contribution in [0, 0.1) is 6.92 Å². The van der Waals surface area contributed by atoms with Crippen molar-refractivity contribution in [3.8, 4) is 0 Å². The Morgan fingerprint density at radius 3 is 2.68 bits per heavy atom. The Morgan fingerprint density at radius 2 is 2.11 bits per heavy atom. The van der Waals surface area contributed by atoms with E-state index in [-0.39, 0.29) is 6.04 Å². The average molecular weight is 343 g/mol. The van der Waals surface area contributed by atoms with Gasteiger partial charge in [0.05, 0.1) is 6.04 Å². The van der Waals surface area contributed by atoms with Crippen LogP contribution in [-0.4, -0.2) is 6.54 Å². The Bertz CT molecular complexity index is 553. The van der Waals surface area contributed by atoms with Crippen molar-refractivity contribution in [2.45, 2.75) is 26.3 Å². The molecule has 0 aliphatic heterocycles. The van der Waals surface area contributed by atoms with Crippen LogP contribution in [0.15, 0.2) is 39.2 Å². The lowest BCUT2D eigenvalue weighted by Crippen LogP contribution is -2.22. The Hall–Kier alpha value is -0.770. The van der Waals surface area contributed by atoms with Crippen molar-refractivity contribution < 1.29 is 4.42 Å². The summed E-state index contributed by atoms with van der Waals surface area (Å²) in [6.07, 6.45) is 0.812. The van der Waals surface area contributed by atoms with Crippen molar-refractivity contribution in [2.24, 2.45) is 0 Å². The van der Waals surface area contributed by atoms with E-state index in [0.29, 0.717) is 0 Å². The molecule has 0 fully saturated rings. The first-order valence-electron chi connectivity index (χ1n) is 6.33. The van der Waals surface area contributed by atoms with Crippen molar-refractivity contribution in [1.29, 1.82) is 0 Å². The zero-order valence-corrected chi connectivity index (χ0v) is 13.4. The number of furan rings is 1. The van der Waals surface area contributed by atoms with Crippen LogP contribution in [0.25, 0.3) is 0 Å². The fourth-order valence-electron chi connectivity index (χ4n) is 2.07. The summed E-state index contributed by atoms with van der Waals surface area (Å²) in [5.74, 6) is 1.89. The second kappa shape index (κ2) is 6.60. The molecule has 1 heterocycles. The van der Waals surface area contributed by atoms with E-state index in [9.17, 15) is 0 Å². The maximum absolute atomic E-state index is 6.28. The molecular weight excluding hydrogens is 326 g/mol. The molecule has 0 amide bonds. The van der Waals surface area contributed by atoms with E-state index < -0.39 is 0 Å². The summed E-state index contributed by atoms with van der Waals surface area (Å²) in [5.41, 5.74) is 1.12. The largest absolute Gasteiger partial charge is 0.465 e. The van der Waals surface area contributed by atoms with E-state index in [2.05, 4.69) is 28.2 Å². The number of nitrogens with one attached hydrogen (secondary N) is 1. The first kappa shape index (κ1) is 14.6. The van der Waals surface area contributed by atoms with Crippen molar-refractivity contribution in [3.63, 3.8) is 0 Å². The first-order valence-corrected chi connectivity index (χ1v) is 7.51. The maximum Gasteiger partial charge on any atom is 0.121 e. The second-order valence-corrected chi connectivity index (χ2v) is 5.82. The Morgan fingerprint density at radius 1 is 1.32 bits per heavy atom. The van der Waals surface area contributed by atoms with Crippen LogP contribution in [0.2, 0.25) is 5.02 Å². The quantitative estimate of drug-likeness (QED) is 0.836. The predicted molar refractivity (Wildman–Crippen MR) is 82.7 cm³/mol. The highest BCUT2D eigenvalue weighted by atomic mass is 79.9.